The van der Waals surface area contributed by atoms with Gasteiger partial charge < -0.3 is 10.6 Å². The van der Waals surface area contributed by atoms with Crippen molar-refractivity contribution in [3.8, 4) is 0 Å². The first kappa shape index (κ1) is 16.9. The Labute approximate surface area is 109 Å². The summed E-state index contributed by atoms with van der Waals surface area (Å²) in [4.78, 5) is 0. The number of rotatable bonds is 13. The predicted molar refractivity (Wildman–Crippen MR) is 78.6 cm³/mol. The topological polar surface area (TPSA) is 24.1 Å². The fourth-order valence-electron chi connectivity index (χ4n) is 1.94. The van der Waals surface area contributed by atoms with Crippen LogP contribution in [0.4, 0.5) is 0 Å². The zero-order valence-electron chi connectivity index (χ0n) is 12.4. The van der Waals surface area contributed by atoms with Gasteiger partial charge in [0.25, 0.3) is 0 Å². The monoisotopic (exact) mass is 242 g/mol. The highest BCUT2D eigenvalue weighted by atomic mass is 14.9. The number of unbranched alkanes of at least 4 members (excludes halogenated alkanes) is 6. The molecule has 0 amide bonds. The molecular formula is C15H34N2. The number of nitrogens with one attached hydrogen (secondary N) is 2. The van der Waals surface area contributed by atoms with Crippen LogP contribution in [-0.2, 0) is 0 Å². The molecule has 0 atom stereocenters. The Morgan fingerprint density at radius 3 is 1.94 bits per heavy atom. The second kappa shape index (κ2) is 14.0. The van der Waals surface area contributed by atoms with Crippen molar-refractivity contribution in [2.75, 3.05) is 19.6 Å². The van der Waals surface area contributed by atoms with Crippen molar-refractivity contribution in [3.63, 3.8) is 0 Å². The van der Waals surface area contributed by atoms with Crippen molar-refractivity contribution >= 4 is 0 Å². The fourth-order valence-corrected chi connectivity index (χ4v) is 1.94. The Hall–Kier alpha value is -0.0800. The van der Waals surface area contributed by atoms with Gasteiger partial charge in [-0.3, -0.25) is 0 Å². The standard InChI is InChI=1S/C15H34N2/c1-4-5-6-7-8-9-10-12-16-13-11-14-17-15(2)3/h15-17H,4-14H2,1-3H3. The van der Waals surface area contributed by atoms with Crippen LogP contribution in [-0.4, -0.2) is 25.7 Å². The van der Waals surface area contributed by atoms with E-state index in [1.165, 1.54) is 57.9 Å². The molecule has 0 fully saturated rings. The van der Waals surface area contributed by atoms with E-state index in [0.717, 1.165) is 13.1 Å². The van der Waals surface area contributed by atoms with Gasteiger partial charge in [-0.25, -0.2) is 0 Å². The highest BCUT2D eigenvalue weighted by Crippen LogP contribution is 2.06. The lowest BCUT2D eigenvalue weighted by atomic mass is 10.1. The van der Waals surface area contributed by atoms with Gasteiger partial charge in [0.2, 0.25) is 0 Å². The van der Waals surface area contributed by atoms with Gasteiger partial charge in [0.15, 0.2) is 0 Å². The first-order valence-electron chi connectivity index (χ1n) is 7.71. The average Bonchev–Trinajstić information content (AvgIpc) is 2.30. The maximum atomic E-state index is 3.52. The van der Waals surface area contributed by atoms with Crippen molar-refractivity contribution in [1.29, 1.82) is 0 Å². The first-order chi connectivity index (χ1) is 8.27. The highest BCUT2D eigenvalue weighted by molar-refractivity contribution is 4.55. The third kappa shape index (κ3) is 15.9. The molecule has 0 aliphatic carbocycles. The van der Waals surface area contributed by atoms with Crippen LogP contribution in [0.5, 0.6) is 0 Å². The molecule has 0 aliphatic rings. The molecular weight excluding hydrogens is 208 g/mol. The van der Waals surface area contributed by atoms with E-state index in [-0.39, 0.29) is 0 Å². The molecule has 2 N–H and O–H groups in total. The minimum absolute atomic E-state index is 0.623. The molecule has 0 heterocycles. The number of hydrogen-bond acceptors (Lipinski definition) is 2. The summed E-state index contributed by atoms with van der Waals surface area (Å²) in [5.74, 6) is 0. The second-order valence-electron chi connectivity index (χ2n) is 5.33. The zero-order chi connectivity index (χ0) is 12.8. The van der Waals surface area contributed by atoms with E-state index in [9.17, 15) is 0 Å². The Kier molecular flexibility index (Phi) is 13.9. The van der Waals surface area contributed by atoms with Gasteiger partial charge in [-0.05, 0) is 32.5 Å². The van der Waals surface area contributed by atoms with Crippen LogP contribution in [0.1, 0.15) is 72.1 Å². The summed E-state index contributed by atoms with van der Waals surface area (Å²) in [5.41, 5.74) is 0. The van der Waals surface area contributed by atoms with E-state index in [0.29, 0.717) is 6.04 Å². The van der Waals surface area contributed by atoms with Gasteiger partial charge in [-0.15, -0.1) is 0 Å². The van der Waals surface area contributed by atoms with Crippen LogP contribution >= 0.6 is 0 Å². The van der Waals surface area contributed by atoms with Crippen LogP contribution in [0.25, 0.3) is 0 Å². The summed E-state index contributed by atoms with van der Waals surface area (Å²) >= 11 is 0. The molecule has 0 spiro atoms. The van der Waals surface area contributed by atoms with E-state index >= 15 is 0 Å². The first-order valence-corrected chi connectivity index (χ1v) is 7.71. The van der Waals surface area contributed by atoms with Crippen molar-refractivity contribution < 1.29 is 0 Å². The Morgan fingerprint density at radius 1 is 0.706 bits per heavy atom. The van der Waals surface area contributed by atoms with Crippen molar-refractivity contribution in [3.05, 3.63) is 0 Å². The van der Waals surface area contributed by atoms with Gasteiger partial charge in [0.05, 0.1) is 0 Å². The molecule has 2 heteroatoms. The smallest absolute Gasteiger partial charge is 0.00103 e. The van der Waals surface area contributed by atoms with Gasteiger partial charge in [-0.1, -0.05) is 59.3 Å². The molecule has 17 heavy (non-hydrogen) atoms. The predicted octanol–water partition coefficient (Wildman–Crippen LogP) is 3.71. The molecule has 0 aromatic rings. The average molecular weight is 242 g/mol. The molecule has 0 saturated heterocycles. The maximum Gasteiger partial charge on any atom is 0.00103 e. The molecule has 0 radical (unpaired) electrons. The van der Waals surface area contributed by atoms with Gasteiger partial charge in [0.1, 0.15) is 0 Å². The lowest BCUT2D eigenvalue weighted by Gasteiger charge is -2.08. The summed E-state index contributed by atoms with van der Waals surface area (Å²) in [6, 6.07) is 0.623. The largest absolute Gasteiger partial charge is 0.317 e. The van der Waals surface area contributed by atoms with Crippen LogP contribution in [0.3, 0.4) is 0 Å². The van der Waals surface area contributed by atoms with Crippen molar-refractivity contribution in [2.45, 2.75) is 78.2 Å². The van der Waals surface area contributed by atoms with Crippen LogP contribution < -0.4 is 10.6 Å². The van der Waals surface area contributed by atoms with Crippen LogP contribution in [0.15, 0.2) is 0 Å². The third-order valence-corrected chi connectivity index (χ3v) is 3.04. The Balaban J connectivity index is 2.89. The van der Waals surface area contributed by atoms with Gasteiger partial charge in [-0.2, -0.15) is 0 Å². The molecule has 2 nitrogen and oxygen atoms in total. The quantitative estimate of drug-likeness (QED) is 0.481. The Bertz CT molecular complexity index is 135. The fraction of sp³-hybridized carbons (Fsp3) is 1.00. The summed E-state index contributed by atoms with van der Waals surface area (Å²) in [6.07, 6.45) is 11.1. The Morgan fingerprint density at radius 2 is 1.29 bits per heavy atom. The van der Waals surface area contributed by atoms with E-state index in [2.05, 4.69) is 31.4 Å². The van der Waals surface area contributed by atoms with Crippen molar-refractivity contribution in [1.82, 2.24) is 10.6 Å². The summed E-state index contributed by atoms with van der Waals surface area (Å²) in [7, 11) is 0. The van der Waals surface area contributed by atoms with Crippen molar-refractivity contribution in [2.24, 2.45) is 0 Å². The zero-order valence-corrected chi connectivity index (χ0v) is 12.4. The van der Waals surface area contributed by atoms with E-state index in [4.69, 9.17) is 0 Å². The van der Waals surface area contributed by atoms with E-state index < -0.39 is 0 Å². The molecule has 0 bridgehead atoms. The lowest BCUT2D eigenvalue weighted by molar-refractivity contribution is 0.530. The van der Waals surface area contributed by atoms with E-state index in [1.54, 1.807) is 0 Å². The molecule has 104 valence electrons. The molecule has 0 aliphatic heterocycles. The molecule has 0 aromatic heterocycles. The third-order valence-electron chi connectivity index (χ3n) is 3.04. The maximum absolute atomic E-state index is 3.52. The summed E-state index contributed by atoms with van der Waals surface area (Å²) < 4.78 is 0. The highest BCUT2D eigenvalue weighted by Gasteiger charge is 1.93. The number of hydrogen-bond donors (Lipinski definition) is 2. The van der Waals surface area contributed by atoms with Crippen LogP contribution in [0, 0.1) is 0 Å². The van der Waals surface area contributed by atoms with Gasteiger partial charge >= 0.3 is 0 Å². The van der Waals surface area contributed by atoms with E-state index in [1.807, 2.05) is 0 Å². The molecule has 0 unspecified atom stereocenters. The van der Waals surface area contributed by atoms with Crippen LogP contribution in [0.2, 0.25) is 0 Å². The molecule has 0 rings (SSSR count). The van der Waals surface area contributed by atoms with Gasteiger partial charge in [0, 0.05) is 6.04 Å². The molecule has 0 aromatic carbocycles. The minimum atomic E-state index is 0.623. The summed E-state index contributed by atoms with van der Waals surface area (Å²) in [5, 5.41) is 6.96. The lowest BCUT2D eigenvalue weighted by Crippen LogP contribution is -2.27. The summed E-state index contributed by atoms with van der Waals surface area (Å²) in [6.45, 7) is 10.2. The minimum Gasteiger partial charge on any atom is -0.317 e. The normalized spacial score (nSPS) is 11.3. The second-order valence-corrected chi connectivity index (χ2v) is 5.33. The molecule has 0 saturated carbocycles. The SMILES string of the molecule is CCCCCCCCCNCCCNC(C)C.